The van der Waals surface area contributed by atoms with Crippen LogP contribution in [0.4, 0.5) is 19.0 Å². The summed E-state index contributed by atoms with van der Waals surface area (Å²) < 4.78 is 51.5. The Morgan fingerprint density at radius 3 is 2.83 bits per heavy atom. The monoisotopic (exact) mass is 440 g/mol. The number of hydrogen-bond acceptors (Lipinski definition) is 5. The normalized spacial score (nSPS) is 16.4. The summed E-state index contributed by atoms with van der Waals surface area (Å²) in [5, 5.41) is 7.98. The van der Waals surface area contributed by atoms with Gasteiger partial charge in [-0.1, -0.05) is 28.9 Å². The Hall–Kier alpha value is -3.01. The largest absolute Gasteiger partial charge is 0.487 e. The Labute approximate surface area is 174 Å². The molecule has 2 aromatic heterocycles. The number of amides is 1. The average Bonchev–Trinajstić information content (AvgIpc) is 3.32. The van der Waals surface area contributed by atoms with E-state index in [2.05, 4.69) is 10.3 Å². The van der Waals surface area contributed by atoms with Crippen LogP contribution in [0.2, 0.25) is 5.02 Å². The number of halogens is 4. The second-order valence-corrected chi connectivity index (χ2v) is 7.13. The molecule has 0 bridgehead atoms. The number of carbonyl (C=O) groups is 1. The van der Waals surface area contributed by atoms with Gasteiger partial charge in [0.1, 0.15) is 23.9 Å². The predicted octanol–water partition coefficient (Wildman–Crippen LogP) is 4.57. The summed E-state index contributed by atoms with van der Waals surface area (Å²) in [7, 11) is 0. The molecule has 1 aliphatic heterocycles. The van der Waals surface area contributed by atoms with Gasteiger partial charge in [-0.25, -0.2) is 4.68 Å². The van der Waals surface area contributed by atoms with Crippen molar-refractivity contribution in [2.24, 2.45) is 0 Å². The minimum atomic E-state index is -4.46. The second-order valence-electron chi connectivity index (χ2n) is 6.72. The third kappa shape index (κ3) is 3.62. The van der Waals surface area contributed by atoms with Gasteiger partial charge in [0.25, 0.3) is 5.91 Å². The lowest BCUT2D eigenvalue weighted by Crippen LogP contribution is -2.43. The summed E-state index contributed by atoms with van der Waals surface area (Å²) in [6, 6.07) is 6.42. The molecule has 0 N–H and O–H groups in total. The molecule has 0 saturated carbocycles. The Balaban J connectivity index is 1.60. The average molecular weight is 441 g/mol. The highest BCUT2D eigenvalue weighted by atomic mass is 35.5. The van der Waals surface area contributed by atoms with E-state index in [0.717, 1.165) is 4.68 Å². The zero-order valence-electron chi connectivity index (χ0n) is 15.7. The number of rotatable bonds is 4. The molecule has 1 aliphatic rings. The third-order valence-corrected chi connectivity index (χ3v) is 5.18. The molecule has 3 aromatic rings. The number of para-hydroxylation sites is 1. The van der Waals surface area contributed by atoms with Gasteiger partial charge in [-0.15, -0.1) is 0 Å². The topological polar surface area (TPSA) is 73.4 Å². The van der Waals surface area contributed by atoms with Crippen LogP contribution >= 0.6 is 11.6 Å². The molecular formula is C19H16ClF3N4O3. The van der Waals surface area contributed by atoms with Gasteiger partial charge in [-0.2, -0.15) is 18.3 Å². The summed E-state index contributed by atoms with van der Waals surface area (Å²) in [5.41, 5.74) is 0.363. The lowest BCUT2D eigenvalue weighted by Gasteiger charge is -2.33. The second kappa shape index (κ2) is 7.67. The van der Waals surface area contributed by atoms with Crippen molar-refractivity contribution in [3.8, 4) is 5.75 Å². The minimum Gasteiger partial charge on any atom is -0.487 e. The quantitative estimate of drug-likeness (QED) is 0.594. The fourth-order valence-electron chi connectivity index (χ4n) is 3.33. The standard InChI is InChI=1S/C19H16ClF3N4O3/c1-11-12(10-29-14-5-3-2-4-13(14)20)17(25-30-11)18(28)26-9-7-15(19(21,22)23)27-16(26)6-8-24-27/h2-6,8,15H,7,9-10H2,1H3. The molecule has 0 saturated heterocycles. The highest BCUT2D eigenvalue weighted by molar-refractivity contribution is 6.32. The van der Waals surface area contributed by atoms with E-state index in [-0.39, 0.29) is 31.1 Å². The van der Waals surface area contributed by atoms with Crippen molar-refractivity contribution < 1.29 is 27.2 Å². The lowest BCUT2D eigenvalue weighted by molar-refractivity contribution is -0.172. The summed E-state index contributed by atoms with van der Waals surface area (Å²) in [4.78, 5) is 14.3. The van der Waals surface area contributed by atoms with E-state index in [0.29, 0.717) is 22.1 Å². The zero-order chi connectivity index (χ0) is 21.5. The van der Waals surface area contributed by atoms with Crippen molar-refractivity contribution >= 4 is 23.3 Å². The van der Waals surface area contributed by atoms with E-state index < -0.39 is 18.1 Å². The van der Waals surface area contributed by atoms with Crippen molar-refractivity contribution in [1.29, 1.82) is 0 Å². The van der Waals surface area contributed by atoms with Crippen molar-refractivity contribution in [3.05, 3.63) is 58.6 Å². The van der Waals surface area contributed by atoms with E-state index in [9.17, 15) is 18.0 Å². The van der Waals surface area contributed by atoms with Crippen molar-refractivity contribution in [2.75, 3.05) is 11.4 Å². The highest BCUT2D eigenvalue weighted by Crippen LogP contribution is 2.39. The summed E-state index contributed by atoms with van der Waals surface area (Å²) >= 11 is 6.08. The highest BCUT2D eigenvalue weighted by Gasteiger charge is 2.46. The van der Waals surface area contributed by atoms with E-state index in [4.69, 9.17) is 20.9 Å². The Kier molecular flexibility index (Phi) is 5.19. The summed E-state index contributed by atoms with van der Waals surface area (Å²) in [6.07, 6.45) is -3.55. The maximum Gasteiger partial charge on any atom is 0.410 e. The SMILES string of the molecule is Cc1onc(C(=O)N2CCC(C(F)(F)F)n3nccc32)c1COc1ccccc1Cl. The molecule has 4 rings (SSSR count). The third-order valence-electron chi connectivity index (χ3n) is 4.87. The number of fused-ring (bicyclic) bond motifs is 1. The van der Waals surface area contributed by atoms with Crippen molar-refractivity contribution in [2.45, 2.75) is 32.2 Å². The summed E-state index contributed by atoms with van der Waals surface area (Å²) in [5.74, 6) is 0.241. The molecule has 1 unspecified atom stereocenters. The molecule has 30 heavy (non-hydrogen) atoms. The van der Waals surface area contributed by atoms with E-state index in [1.807, 2.05) is 0 Å². The van der Waals surface area contributed by atoms with E-state index in [1.54, 1.807) is 31.2 Å². The van der Waals surface area contributed by atoms with E-state index >= 15 is 0 Å². The molecule has 1 amide bonds. The first kappa shape index (κ1) is 20.3. The molecule has 158 valence electrons. The van der Waals surface area contributed by atoms with E-state index in [1.165, 1.54) is 17.2 Å². The maximum atomic E-state index is 13.3. The molecule has 11 heteroatoms. The van der Waals surface area contributed by atoms with Gasteiger partial charge in [-0.05, 0) is 25.5 Å². The molecule has 0 aliphatic carbocycles. The van der Waals surface area contributed by atoms with Crippen LogP contribution in [-0.4, -0.2) is 33.6 Å². The molecule has 0 spiro atoms. The minimum absolute atomic E-state index is 0.0298. The number of anilines is 1. The Morgan fingerprint density at radius 2 is 2.10 bits per heavy atom. The number of carbonyl (C=O) groups excluding carboxylic acids is 1. The zero-order valence-corrected chi connectivity index (χ0v) is 16.4. The van der Waals surface area contributed by atoms with Gasteiger partial charge < -0.3 is 9.26 Å². The van der Waals surface area contributed by atoms with Crippen LogP contribution in [0.5, 0.6) is 5.75 Å². The number of aromatic nitrogens is 3. The van der Waals surface area contributed by atoms with Crippen molar-refractivity contribution in [3.63, 3.8) is 0 Å². The van der Waals surface area contributed by atoms with Gasteiger partial charge in [0.05, 0.1) is 16.8 Å². The number of alkyl halides is 3. The first-order chi connectivity index (χ1) is 14.3. The van der Waals surface area contributed by atoms with Crippen LogP contribution in [0.1, 0.15) is 34.3 Å². The van der Waals surface area contributed by atoms with Gasteiger partial charge in [0.15, 0.2) is 11.7 Å². The summed E-state index contributed by atoms with van der Waals surface area (Å²) in [6.45, 7) is 1.44. The van der Waals surface area contributed by atoms with Crippen LogP contribution in [0, 0.1) is 6.92 Å². The van der Waals surface area contributed by atoms with Gasteiger partial charge in [0.2, 0.25) is 0 Å². The molecule has 1 atom stereocenters. The Morgan fingerprint density at radius 1 is 1.33 bits per heavy atom. The molecule has 0 radical (unpaired) electrons. The molecular weight excluding hydrogens is 425 g/mol. The van der Waals surface area contributed by atoms with Gasteiger partial charge in [-0.3, -0.25) is 9.69 Å². The van der Waals surface area contributed by atoms with Crippen LogP contribution in [0.3, 0.4) is 0 Å². The number of benzene rings is 1. The molecule has 0 fully saturated rings. The van der Waals surface area contributed by atoms with Gasteiger partial charge in [0, 0.05) is 12.6 Å². The number of hydrogen-bond donors (Lipinski definition) is 0. The molecule has 1 aromatic carbocycles. The fourth-order valence-corrected chi connectivity index (χ4v) is 3.52. The van der Waals surface area contributed by atoms with Crippen LogP contribution < -0.4 is 9.64 Å². The first-order valence-corrected chi connectivity index (χ1v) is 9.39. The first-order valence-electron chi connectivity index (χ1n) is 9.02. The van der Waals surface area contributed by atoms with Crippen LogP contribution in [-0.2, 0) is 6.61 Å². The van der Waals surface area contributed by atoms with Crippen molar-refractivity contribution in [1.82, 2.24) is 14.9 Å². The van der Waals surface area contributed by atoms with Crippen LogP contribution in [0.25, 0.3) is 0 Å². The maximum absolute atomic E-state index is 13.3. The number of nitrogens with zero attached hydrogens (tertiary/aromatic N) is 4. The predicted molar refractivity (Wildman–Crippen MR) is 101 cm³/mol. The fraction of sp³-hybridized carbons (Fsp3) is 0.316. The smallest absolute Gasteiger partial charge is 0.410 e. The number of aryl methyl sites for hydroxylation is 1. The molecule has 3 heterocycles. The lowest BCUT2D eigenvalue weighted by atomic mass is 10.1. The van der Waals surface area contributed by atoms with Crippen LogP contribution in [0.15, 0.2) is 41.1 Å². The molecule has 7 nitrogen and oxygen atoms in total. The Bertz CT molecular complexity index is 1080. The van der Waals surface area contributed by atoms with Gasteiger partial charge >= 0.3 is 6.18 Å². The number of ether oxygens (including phenoxy) is 1.